The molecule has 0 radical (unpaired) electrons. The van der Waals surface area contributed by atoms with Gasteiger partial charge in [-0.05, 0) is 57.5 Å². The number of H-pyrrole nitrogens is 1. The fraction of sp³-hybridized carbons (Fsp3) is 0.500. The van der Waals surface area contributed by atoms with Gasteiger partial charge in [0.05, 0.1) is 19.8 Å². The lowest BCUT2D eigenvalue weighted by atomic mass is 10.1. The maximum absolute atomic E-state index is 12.6. The van der Waals surface area contributed by atoms with Gasteiger partial charge in [0.25, 0.3) is 5.56 Å². The highest BCUT2D eigenvalue weighted by molar-refractivity contribution is 7.80. The molecule has 0 aliphatic rings. The van der Waals surface area contributed by atoms with Crippen molar-refractivity contribution in [2.75, 3.05) is 54.1 Å². The third kappa shape index (κ3) is 6.47. The molecule has 8 heteroatoms. The van der Waals surface area contributed by atoms with Gasteiger partial charge in [0, 0.05) is 43.2 Å². The Morgan fingerprint density at radius 3 is 2.71 bits per heavy atom. The Kier molecular flexibility index (Phi) is 8.69. The second-order valence-corrected chi connectivity index (χ2v) is 7.14. The van der Waals surface area contributed by atoms with Gasteiger partial charge in [-0.25, -0.2) is 0 Å². The van der Waals surface area contributed by atoms with E-state index >= 15 is 0 Å². The quantitative estimate of drug-likeness (QED) is 0.461. The van der Waals surface area contributed by atoms with Crippen LogP contribution < -0.4 is 15.6 Å². The normalized spacial score (nSPS) is 11.0. The van der Waals surface area contributed by atoms with Crippen LogP contribution in [0.4, 0.5) is 0 Å². The average Bonchev–Trinajstić information content (AvgIpc) is 2.65. The van der Waals surface area contributed by atoms with Crippen LogP contribution in [-0.2, 0) is 11.3 Å². The molecule has 1 aromatic carbocycles. The van der Waals surface area contributed by atoms with Crippen molar-refractivity contribution in [3.8, 4) is 5.75 Å². The Balaban J connectivity index is 2.24. The third-order valence-corrected chi connectivity index (χ3v) is 4.65. The van der Waals surface area contributed by atoms with Crippen molar-refractivity contribution in [1.29, 1.82) is 0 Å². The first-order valence-corrected chi connectivity index (χ1v) is 9.80. The minimum Gasteiger partial charge on any atom is -0.494 e. The number of ether oxygens (including phenoxy) is 2. The molecule has 2 N–H and O–H groups in total. The molecule has 0 unspecified atom stereocenters. The zero-order chi connectivity index (χ0) is 20.5. The Morgan fingerprint density at radius 2 is 2.04 bits per heavy atom. The maximum Gasteiger partial charge on any atom is 0.253 e. The lowest BCUT2D eigenvalue weighted by molar-refractivity contribution is 0.202. The van der Waals surface area contributed by atoms with E-state index < -0.39 is 0 Å². The fourth-order valence-electron chi connectivity index (χ4n) is 2.75. The molecule has 0 bridgehead atoms. The van der Waals surface area contributed by atoms with E-state index in [1.165, 1.54) is 0 Å². The summed E-state index contributed by atoms with van der Waals surface area (Å²) in [6.45, 7) is 5.70. The van der Waals surface area contributed by atoms with Crippen LogP contribution in [-0.4, -0.2) is 73.9 Å². The topological polar surface area (TPSA) is 69.8 Å². The standard InChI is InChI=1S/C20H30N4O3S/c1-5-27-17-6-7-18-15(13-17)12-16(19(25)22-18)14-24(10-9-23(2)3)20(28)21-8-11-26-4/h6-7,12-13H,5,8-11,14H2,1-4H3,(H,21,28)(H,22,25). The van der Waals surface area contributed by atoms with Gasteiger partial charge in [0.15, 0.2) is 5.11 Å². The van der Waals surface area contributed by atoms with E-state index in [0.717, 1.165) is 23.2 Å². The Hall–Kier alpha value is -2.16. The largest absolute Gasteiger partial charge is 0.494 e. The molecular weight excluding hydrogens is 376 g/mol. The van der Waals surface area contributed by atoms with Gasteiger partial charge in [-0.2, -0.15) is 0 Å². The predicted molar refractivity (Wildman–Crippen MR) is 117 cm³/mol. The summed E-state index contributed by atoms with van der Waals surface area (Å²) in [5.74, 6) is 0.786. The number of hydrogen-bond acceptors (Lipinski definition) is 5. The highest BCUT2D eigenvalue weighted by Gasteiger charge is 2.14. The number of likely N-dealkylation sites (N-methyl/N-ethyl adjacent to an activating group) is 1. The van der Waals surface area contributed by atoms with Crippen molar-refractivity contribution in [1.82, 2.24) is 20.1 Å². The molecule has 0 amide bonds. The minimum absolute atomic E-state index is 0.105. The first-order valence-electron chi connectivity index (χ1n) is 9.39. The van der Waals surface area contributed by atoms with Crippen LogP contribution in [0.2, 0.25) is 0 Å². The molecule has 1 aromatic heterocycles. The van der Waals surface area contributed by atoms with Crippen molar-refractivity contribution >= 4 is 28.2 Å². The number of hydrogen-bond donors (Lipinski definition) is 2. The molecule has 0 saturated heterocycles. The zero-order valence-electron chi connectivity index (χ0n) is 17.1. The van der Waals surface area contributed by atoms with Crippen molar-refractivity contribution in [3.05, 3.63) is 40.2 Å². The molecule has 0 atom stereocenters. The van der Waals surface area contributed by atoms with Crippen LogP contribution in [0.1, 0.15) is 12.5 Å². The molecule has 0 aliphatic carbocycles. The lowest BCUT2D eigenvalue weighted by Crippen LogP contribution is -2.44. The van der Waals surface area contributed by atoms with E-state index in [-0.39, 0.29) is 5.56 Å². The summed E-state index contributed by atoms with van der Waals surface area (Å²) in [6.07, 6.45) is 0. The van der Waals surface area contributed by atoms with Crippen LogP contribution in [0, 0.1) is 0 Å². The van der Waals surface area contributed by atoms with E-state index in [2.05, 4.69) is 15.2 Å². The Bertz CT molecular complexity index is 838. The number of nitrogens with zero attached hydrogens (tertiary/aromatic N) is 2. The van der Waals surface area contributed by atoms with Gasteiger partial charge in [-0.15, -0.1) is 0 Å². The summed E-state index contributed by atoms with van der Waals surface area (Å²) in [5, 5.41) is 4.74. The van der Waals surface area contributed by atoms with Gasteiger partial charge in [0.1, 0.15) is 5.75 Å². The first-order chi connectivity index (χ1) is 13.4. The smallest absolute Gasteiger partial charge is 0.253 e. The van der Waals surface area contributed by atoms with E-state index in [0.29, 0.717) is 43.5 Å². The summed E-state index contributed by atoms with van der Waals surface area (Å²) >= 11 is 5.54. The summed E-state index contributed by atoms with van der Waals surface area (Å²) in [7, 11) is 5.68. The van der Waals surface area contributed by atoms with Crippen LogP contribution >= 0.6 is 12.2 Å². The summed E-state index contributed by atoms with van der Waals surface area (Å²) in [5.41, 5.74) is 1.35. The van der Waals surface area contributed by atoms with Crippen molar-refractivity contribution in [3.63, 3.8) is 0 Å². The van der Waals surface area contributed by atoms with Gasteiger partial charge >= 0.3 is 0 Å². The summed E-state index contributed by atoms with van der Waals surface area (Å²) < 4.78 is 10.6. The number of aromatic nitrogens is 1. The average molecular weight is 407 g/mol. The number of pyridine rings is 1. The van der Waals surface area contributed by atoms with E-state index in [4.69, 9.17) is 21.7 Å². The number of methoxy groups -OCH3 is 1. The first kappa shape index (κ1) is 22.1. The predicted octanol–water partition coefficient (Wildman–Crippen LogP) is 1.81. The molecule has 0 saturated carbocycles. The lowest BCUT2D eigenvalue weighted by Gasteiger charge is -2.27. The molecule has 154 valence electrons. The molecule has 2 rings (SSSR count). The fourth-order valence-corrected chi connectivity index (χ4v) is 3.01. The molecule has 0 aliphatic heterocycles. The Labute approximate surface area is 171 Å². The summed E-state index contributed by atoms with van der Waals surface area (Å²) in [4.78, 5) is 19.6. The van der Waals surface area contributed by atoms with Crippen LogP contribution in [0.5, 0.6) is 5.75 Å². The van der Waals surface area contributed by atoms with Crippen molar-refractivity contribution in [2.24, 2.45) is 0 Å². The van der Waals surface area contributed by atoms with E-state index in [1.807, 2.05) is 50.2 Å². The molecule has 7 nitrogen and oxygen atoms in total. The molecule has 2 aromatic rings. The van der Waals surface area contributed by atoms with E-state index in [1.54, 1.807) is 7.11 Å². The number of rotatable bonds is 10. The monoisotopic (exact) mass is 406 g/mol. The number of aromatic amines is 1. The molecular formula is C20H30N4O3S. The molecule has 1 heterocycles. The summed E-state index contributed by atoms with van der Waals surface area (Å²) in [6, 6.07) is 7.58. The number of fused-ring (bicyclic) bond motifs is 1. The van der Waals surface area contributed by atoms with Crippen molar-refractivity contribution < 1.29 is 9.47 Å². The second kappa shape index (κ2) is 11.0. The van der Waals surface area contributed by atoms with Crippen LogP contribution in [0.15, 0.2) is 29.1 Å². The van der Waals surface area contributed by atoms with Crippen LogP contribution in [0.3, 0.4) is 0 Å². The maximum atomic E-state index is 12.6. The van der Waals surface area contributed by atoms with Crippen molar-refractivity contribution in [2.45, 2.75) is 13.5 Å². The Morgan fingerprint density at radius 1 is 1.25 bits per heavy atom. The second-order valence-electron chi connectivity index (χ2n) is 6.76. The van der Waals surface area contributed by atoms with Gasteiger partial charge < -0.3 is 29.6 Å². The third-order valence-electron chi connectivity index (χ3n) is 4.25. The molecule has 28 heavy (non-hydrogen) atoms. The molecule has 0 spiro atoms. The minimum atomic E-state index is -0.105. The van der Waals surface area contributed by atoms with Gasteiger partial charge in [-0.1, -0.05) is 0 Å². The van der Waals surface area contributed by atoms with Gasteiger partial charge in [-0.3, -0.25) is 4.79 Å². The zero-order valence-corrected chi connectivity index (χ0v) is 17.9. The number of benzene rings is 1. The van der Waals surface area contributed by atoms with Crippen LogP contribution in [0.25, 0.3) is 10.9 Å². The molecule has 0 fully saturated rings. The highest BCUT2D eigenvalue weighted by atomic mass is 32.1. The van der Waals surface area contributed by atoms with E-state index in [9.17, 15) is 4.79 Å². The SMILES string of the molecule is CCOc1ccc2[nH]c(=O)c(CN(CCN(C)C)C(=S)NCCOC)cc2c1. The number of nitrogens with one attached hydrogen (secondary N) is 2. The number of thiocarbonyl (C=S) groups is 1. The highest BCUT2D eigenvalue weighted by Crippen LogP contribution is 2.19. The van der Waals surface area contributed by atoms with Gasteiger partial charge in [0.2, 0.25) is 0 Å².